The van der Waals surface area contributed by atoms with Gasteiger partial charge in [-0.25, -0.2) is 14.8 Å². The fourth-order valence-corrected chi connectivity index (χ4v) is 6.27. The van der Waals surface area contributed by atoms with Crippen molar-refractivity contribution < 1.29 is 27.3 Å². The molecule has 0 unspecified atom stereocenters. The predicted octanol–water partition coefficient (Wildman–Crippen LogP) is 4.76. The number of nitriles is 1. The van der Waals surface area contributed by atoms with Gasteiger partial charge in [-0.15, -0.1) is 0 Å². The minimum atomic E-state index is -4.75. The summed E-state index contributed by atoms with van der Waals surface area (Å²) in [6.45, 7) is 3.95. The van der Waals surface area contributed by atoms with Crippen LogP contribution in [0.3, 0.4) is 0 Å². The van der Waals surface area contributed by atoms with E-state index in [1.807, 2.05) is 6.07 Å². The number of aromatic nitrogens is 3. The van der Waals surface area contributed by atoms with Crippen LogP contribution in [0.2, 0.25) is 0 Å². The number of hydrogen-bond donors (Lipinski definition) is 2. The van der Waals surface area contributed by atoms with Crippen molar-refractivity contribution in [3.8, 4) is 17.3 Å². The Bertz CT molecular complexity index is 1490. The normalized spacial score (nSPS) is 16.7. The summed E-state index contributed by atoms with van der Waals surface area (Å²) >= 11 is 0. The summed E-state index contributed by atoms with van der Waals surface area (Å²) in [6, 6.07) is 4.93. The molecular weight excluding hydrogens is 508 g/mol. The fraction of sp³-hybridized carbons (Fsp3) is 0.417. The number of H-pyrrole nitrogens is 1. The standard InChI is InChI=1S/C24H24F3N6O3P/c1-37(2,35)20-14(9-28)3-4-15-16(10-29-19(15)20)18-17(24(25,26)27)11-30-21(32-18)31-13-36-22(34)33-8-7-23(12-33)5-6-23/h3-4,10-11,29H,5-8,12-13H2,1-2H3,(H,30,31,32). The van der Waals surface area contributed by atoms with Crippen molar-refractivity contribution in [2.75, 3.05) is 38.5 Å². The number of benzene rings is 1. The molecule has 37 heavy (non-hydrogen) atoms. The summed E-state index contributed by atoms with van der Waals surface area (Å²) in [6.07, 6.45) is -0.0700. The molecule has 194 valence electrons. The second kappa shape index (κ2) is 8.77. The van der Waals surface area contributed by atoms with Crippen molar-refractivity contribution in [3.63, 3.8) is 0 Å². The number of nitrogens with zero attached hydrogens (tertiary/aromatic N) is 4. The third-order valence-electron chi connectivity index (χ3n) is 6.92. The molecule has 1 aliphatic heterocycles. The number of hydrogen-bond acceptors (Lipinski definition) is 7. The zero-order valence-corrected chi connectivity index (χ0v) is 21.0. The van der Waals surface area contributed by atoms with Gasteiger partial charge in [0.25, 0.3) is 0 Å². The van der Waals surface area contributed by atoms with Crippen LogP contribution in [-0.4, -0.2) is 59.1 Å². The number of carbonyl (C=O) groups is 1. The molecule has 13 heteroatoms. The lowest BCUT2D eigenvalue weighted by Gasteiger charge is -2.17. The van der Waals surface area contributed by atoms with E-state index < -0.39 is 30.7 Å². The molecular formula is C24H24F3N6O3P. The highest BCUT2D eigenvalue weighted by molar-refractivity contribution is 7.70. The fourth-order valence-electron chi connectivity index (χ4n) is 4.84. The molecule has 2 N–H and O–H groups in total. The van der Waals surface area contributed by atoms with Crippen molar-refractivity contribution in [2.24, 2.45) is 5.41 Å². The molecule has 1 saturated carbocycles. The Morgan fingerprint density at radius 2 is 2.08 bits per heavy atom. The first-order valence-corrected chi connectivity index (χ1v) is 14.2. The lowest BCUT2D eigenvalue weighted by Crippen LogP contribution is -2.31. The van der Waals surface area contributed by atoms with E-state index in [1.165, 1.54) is 31.7 Å². The molecule has 2 aliphatic rings. The summed E-state index contributed by atoms with van der Waals surface area (Å²) in [4.78, 5) is 24.7. The van der Waals surface area contributed by atoms with Gasteiger partial charge in [0.2, 0.25) is 5.95 Å². The van der Waals surface area contributed by atoms with Crippen LogP contribution < -0.4 is 10.6 Å². The van der Waals surface area contributed by atoms with E-state index >= 15 is 0 Å². The van der Waals surface area contributed by atoms with Crippen LogP contribution in [0.5, 0.6) is 0 Å². The van der Waals surface area contributed by atoms with Gasteiger partial charge in [0.15, 0.2) is 6.73 Å². The van der Waals surface area contributed by atoms with Crippen molar-refractivity contribution in [2.45, 2.75) is 25.4 Å². The number of rotatable bonds is 5. The Kier molecular flexibility index (Phi) is 5.94. The number of halogens is 3. The van der Waals surface area contributed by atoms with E-state index in [0.29, 0.717) is 30.2 Å². The number of carbonyl (C=O) groups excluding carboxylic acids is 1. The Morgan fingerprint density at radius 1 is 1.32 bits per heavy atom. The van der Waals surface area contributed by atoms with E-state index in [9.17, 15) is 27.8 Å². The molecule has 2 aromatic heterocycles. The average Bonchev–Trinajstić information content (AvgIpc) is 3.25. The monoisotopic (exact) mass is 532 g/mol. The zero-order chi connectivity index (χ0) is 26.6. The molecule has 0 atom stereocenters. The first kappa shape index (κ1) is 25.1. The first-order valence-electron chi connectivity index (χ1n) is 11.6. The number of anilines is 1. The van der Waals surface area contributed by atoms with E-state index in [-0.39, 0.29) is 34.5 Å². The number of alkyl halides is 3. The summed E-state index contributed by atoms with van der Waals surface area (Å²) in [5.74, 6) is -0.157. The first-order chi connectivity index (χ1) is 17.4. The van der Waals surface area contributed by atoms with Crippen molar-refractivity contribution in [1.29, 1.82) is 5.26 Å². The SMILES string of the molecule is CP(C)(=O)c1c(C#N)ccc2c(-c3nc(NCOC(=O)N4CCC5(CC5)C4)ncc3C(F)(F)F)c[nH]c12. The molecule has 1 saturated heterocycles. The topological polar surface area (TPSA) is 124 Å². The van der Waals surface area contributed by atoms with Crippen LogP contribution in [0.1, 0.15) is 30.4 Å². The highest BCUT2D eigenvalue weighted by Crippen LogP contribution is 2.52. The number of fused-ring (bicyclic) bond motifs is 1. The quantitative estimate of drug-likeness (QED) is 0.359. The highest BCUT2D eigenvalue weighted by Gasteiger charge is 2.49. The number of likely N-dealkylation sites (tertiary alicyclic amines) is 1. The second-order valence-electron chi connectivity index (χ2n) is 9.91. The summed E-state index contributed by atoms with van der Waals surface area (Å²) < 4.78 is 59.8. The van der Waals surface area contributed by atoms with E-state index in [0.717, 1.165) is 19.3 Å². The number of ether oxygens (including phenoxy) is 1. The van der Waals surface area contributed by atoms with Gasteiger partial charge in [-0.3, -0.25) is 0 Å². The van der Waals surface area contributed by atoms with Gasteiger partial charge in [-0.2, -0.15) is 18.4 Å². The number of aromatic amines is 1. The maximum atomic E-state index is 13.9. The van der Waals surface area contributed by atoms with Crippen LogP contribution in [-0.2, 0) is 15.5 Å². The van der Waals surface area contributed by atoms with E-state index in [1.54, 1.807) is 4.90 Å². The van der Waals surface area contributed by atoms with Gasteiger partial charge < -0.3 is 24.5 Å². The molecule has 3 aromatic rings. The van der Waals surface area contributed by atoms with Crippen molar-refractivity contribution in [1.82, 2.24) is 19.9 Å². The van der Waals surface area contributed by atoms with Gasteiger partial charge in [-0.1, -0.05) is 6.07 Å². The number of nitrogens with one attached hydrogen (secondary N) is 2. The molecule has 3 heterocycles. The second-order valence-corrected chi connectivity index (χ2v) is 13.1. The summed E-state index contributed by atoms with van der Waals surface area (Å²) in [5.41, 5.74) is -0.621. The minimum Gasteiger partial charge on any atom is -0.428 e. The van der Waals surface area contributed by atoms with Crippen LogP contribution in [0.4, 0.5) is 23.9 Å². The minimum absolute atomic E-state index is 0.107. The largest absolute Gasteiger partial charge is 0.428 e. The Labute approximate surface area is 210 Å². The van der Waals surface area contributed by atoms with Gasteiger partial charge in [0.1, 0.15) is 12.7 Å². The van der Waals surface area contributed by atoms with Gasteiger partial charge >= 0.3 is 12.3 Å². The molecule has 1 aliphatic carbocycles. The maximum Gasteiger partial charge on any atom is 0.419 e. The molecule has 0 bridgehead atoms. The van der Waals surface area contributed by atoms with Gasteiger partial charge in [0.05, 0.1) is 28.1 Å². The molecule has 9 nitrogen and oxygen atoms in total. The Morgan fingerprint density at radius 3 is 2.70 bits per heavy atom. The number of amides is 1. The van der Waals surface area contributed by atoms with Crippen LogP contribution in [0.15, 0.2) is 24.5 Å². The van der Waals surface area contributed by atoms with Crippen LogP contribution in [0, 0.1) is 16.7 Å². The zero-order valence-electron chi connectivity index (χ0n) is 20.1. The molecule has 1 aromatic carbocycles. The molecule has 2 fully saturated rings. The smallest absolute Gasteiger partial charge is 0.419 e. The molecule has 0 radical (unpaired) electrons. The highest BCUT2D eigenvalue weighted by atomic mass is 31.2. The third-order valence-corrected chi connectivity index (χ3v) is 8.46. The Balaban J connectivity index is 1.44. The van der Waals surface area contributed by atoms with Gasteiger partial charge in [-0.05, 0) is 44.1 Å². The van der Waals surface area contributed by atoms with Gasteiger partial charge in [0, 0.05) is 36.4 Å². The summed E-state index contributed by atoms with van der Waals surface area (Å²) in [7, 11) is -2.96. The van der Waals surface area contributed by atoms with Crippen LogP contribution in [0.25, 0.3) is 22.2 Å². The Hall–Kier alpha value is -3.58. The van der Waals surface area contributed by atoms with E-state index in [4.69, 9.17) is 4.74 Å². The third kappa shape index (κ3) is 4.76. The average molecular weight is 532 g/mol. The lowest BCUT2D eigenvalue weighted by atomic mass is 10.0. The van der Waals surface area contributed by atoms with E-state index in [2.05, 4.69) is 20.3 Å². The lowest BCUT2D eigenvalue weighted by molar-refractivity contribution is -0.137. The maximum absolute atomic E-state index is 13.9. The molecule has 1 amide bonds. The van der Waals surface area contributed by atoms with Crippen molar-refractivity contribution >= 4 is 35.4 Å². The summed E-state index contributed by atoms with van der Waals surface area (Å²) in [5, 5.41) is 12.7. The molecule has 1 spiro atoms. The van der Waals surface area contributed by atoms with Crippen LogP contribution >= 0.6 is 7.14 Å². The predicted molar refractivity (Wildman–Crippen MR) is 131 cm³/mol. The molecule has 5 rings (SSSR count). The van der Waals surface area contributed by atoms with Crippen molar-refractivity contribution in [3.05, 3.63) is 35.7 Å².